The van der Waals surface area contributed by atoms with Crippen LogP contribution in [0.1, 0.15) is 23.2 Å². The minimum absolute atomic E-state index is 0.163. The Kier molecular flexibility index (Phi) is 4.06. The van der Waals surface area contributed by atoms with Crippen LogP contribution >= 0.6 is 0 Å². The van der Waals surface area contributed by atoms with E-state index >= 15 is 0 Å². The van der Waals surface area contributed by atoms with E-state index in [1.807, 2.05) is 39.9 Å². The number of benzene rings is 1. The van der Waals surface area contributed by atoms with E-state index in [0.717, 1.165) is 38.0 Å². The summed E-state index contributed by atoms with van der Waals surface area (Å²) in [6.07, 6.45) is 5.52. The van der Waals surface area contributed by atoms with E-state index in [0.29, 0.717) is 18.0 Å². The van der Waals surface area contributed by atoms with Gasteiger partial charge >= 0.3 is 0 Å². The summed E-state index contributed by atoms with van der Waals surface area (Å²) in [7, 11) is 2.21. The Morgan fingerprint density at radius 3 is 2.88 bits per heavy atom. The van der Waals surface area contributed by atoms with Gasteiger partial charge in [0.25, 0.3) is 5.91 Å². The second kappa shape index (κ2) is 6.36. The number of nitrogens with zero attached hydrogens (tertiary/aromatic N) is 5. The third kappa shape index (κ3) is 2.82. The molecule has 0 N–H and O–H groups in total. The van der Waals surface area contributed by atoms with Crippen LogP contribution in [-0.2, 0) is 6.54 Å². The van der Waals surface area contributed by atoms with Gasteiger partial charge in [-0.1, -0.05) is 18.2 Å². The van der Waals surface area contributed by atoms with Gasteiger partial charge in [-0.25, -0.2) is 4.98 Å². The highest BCUT2D eigenvalue weighted by molar-refractivity contribution is 5.94. The van der Waals surface area contributed by atoms with Crippen LogP contribution in [0.2, 0.25) is 0 Å². The fourth-order valence-corrected chi connectivity index (χ4v) is 4.27. The van der Waals surface area contributed by atoms with Crippen molar-refractivity contribution in [2.75, 3.05) is 20.1 Å². The van der Waals surface area contributed by atoms with Crippen molar-refractivity contribution in [2.24, 2.45) is 5.92 Å². The molecular formula is C18H23N5O. The number of aromatic nitrogens is 3. The van der Waals surface area contributed by atoms with E-state index in [2.05, 4.69) is 22.0 Å². The number of fused-ring (bicyclic) bond motifs is 1. The average molecular weight is 325 g/mol. The zero-order chi connectivity index (χ0) is 16.5. The molecule has 0 radical (unpaired) electrons. The molecule has 4 rings (SSSR count). The largest absolute Gasteiger partial charge is 0.338 e. The first kappa shape index (κ1) is 15.3. The van der Waals surface area contributed by atoms with E-state index in [-0.39, 0.29) is 5.91 Å². The second-order valence-electron chi connectivity index (χ2n) is 6.91. The summed E-state index contributed by atoms with van der Waals surface area (Å²) in [5.74, 6) is 0.710. The Morgan fingerprint density at radius 2 is 2.12 bits per heavy atom. The van der Waals surface area contributed by atoms with Gasteiger partial charge in [0.2, 0.25) is 0 Å². The number of hydrogen-bond donors (Lipinski definition) is 0. The number of carbonyl (C=O) groups excluding carboxylic acids is 1. The molecule has 2 saturated heterocycles. The molecule has 2 fully saturated rings. The summed E-state index contributed by atoms with van der Waals surface area (Å²) in [6, 6.07) is 10.6. The van der Waals surface area contributed by atoms with Crippen molar-refractivity contribution in [1.29, 1.82) is 0 Å². The monoisotopic (exact) mass is 325 g/mol. The van der Waals surface area contributed by atoms with Crippen molar-refractivity contribution in [3.8, 4) is 0 Å². The Labute approximate surface area is 142 Å². The van der Waals surface area contributed by atoms with Gasteiger partial charge in [-0.2, -0.15) is 5.10 Å². The van der Waals surface area contributed by atoms with Crippen LogP contribution in [0.3, 0.4) is 0 Å². The standard InChI is InChI=1S/C18H23N5O/c1-21-16(11-23-13-19-12-20-23)9-15-10-22(8-7-17(15)21)18(24)14-5-3-2-4-6-14/h2-6,12-13,15-17H,7-11H2,1H3/t15-,16+,17+/m1/s1. The number of rotatable bonds is 3. The molecule has 3 atom stereocenters. The van der Waals surface area contributed by atoms with Crippen molar-refractivity contribution in [3.05, 3.63) is 48.5 Å². The normalized spacial score (nSPS) is 27.2. The summed E-state index contributed by atoms with van der Waals surface area (Å²) in [4.78, 5) is 21.2. The summed E-state index contributed by atoms with van der Waals surface area (Å²) >= 11 is 0. The number of likely N-dealkylation sites (N-methyl/N-ethyl adjacent to an activating group) is 1. The van der Waals surface area contributed by atoms with Crippen molar-refractivity contribution in [1.82, 2.24) is 24.6 Å². The number of carbonyl (C=O) groups is 1. The first-order chi connectivity index (χ1) is 11.7. The van der Waals surface area contributed by atoms with Crippen molar-refractivity contribution in [3.63, 3.8) is 0 Å². The van der Waals surface area contributed by atoms with Crippen LogP contribution in [0.5, 0.6) is 0 Å². The maximum absolute atomic E-state index is 12.7. The highest BCUT2D eigenvalue weighted by atomic mass is 16.2. The molecular weight excluding hydrogens is 302 g/mol. The fraction of sp³-hybridized carbons (Fsp3) is 0.500. The van der Waals surface area contributed by atoms with Crippen LogP contribution < -0.4 is 0 Å². The molecule has 2 aliphatic rings. The molecule has 1 aromatic heterocycles. The molecule has 6 heteroatoms. The number of likely N-dealkylation sites (tertiary alicyclic amines) is 2. The topological polar surface area (TPSA) is 54.3 Å². The highest BCUT2D eigenvalue weighted by Crippen LogP contribution is 2.35. The molecule has 0 bridgehead atoms. The van der Waals surface area contributed by atoms with Gasteiger partial charge in [0.15, 0.2) is 0 Å². The van der Waals surface area contributed by atoms with Crippen molar-refractivity contribution in [2.45, 2.75) is 31.5 Å². The third-order valence-corrected chi connectivity index (χ3v) is 5.54. The Balaban J connectivity index is 1.43. The van der Waals surface area contributed by atoms with Crippen LogP contribution in [0.4, 0.5) is 0 Å². The molecule has 0 unspecified atom stereocenters. The minimum atomic E-state index is 0.163. The predicted molar refractivity (Wildman–Crippen MR) is 90.4 cm³/mol. The van der Waals surface area contributed by atoms with E-state index in [1.54, 1.807) is 12.7 Å². The Morgan fingerprint density at radius 1 is 1.29 bits per heavy atom. The summed E-state index contributed by atoms with van der Waals surface area (Å²) in [5, 5.41) is 4.23. The molecule has 1 amide bonds. The van der Waals surface area contributed by atoms with E-state index in [4.69, 9.17) is 0 Å². The van der Waals surface area contributed by atoms with Crippen LogP contribution in [-0.4, -0.2) is 62.7 Å². The maximum Gasteiger partial charge on any atom is 0.253 e. The third-order valence-electron chi connectivity index (χ3n) is 5.54. The molecule has 0 aliphatic carbocycles. The molecule has 6 nitrogen and oxygen atoms in total. The molecule has 2 aliphatic heterocycles. The van der Waals surface area contributed by atoms with Gasteiger partial charge < -0.3 is 4.90 Å². The van der Waals surface area contributed by atoms with Gasteiger partial charge in [-0.15, -0.1) is 0 Å². The van der Waals surface area contributed by atoms with Crippen LogP contribution in [0, 0.1) is 5.92 Å². The number of amides is 1. The van der Waals surface area contributed by atoms with Gasteiger partial charge in [0, 0.05) is 30.7 Å². The molecule has 0 saturated carbocycles. The number of hydrogen-bond acceptors (Lipinski definition) is 4. The molecule has 0 spiro atoms. The zero-order valence-corrected chi connectivity index (χ0v) is 14.0. The molecule has 126 valence electrons. The maximum atomic E-state index is 12.7. The fourth-order valence-electron chi connectivity index (χ4n) is 4.27. The van der Waals surface area contributed by atoms with Gasteiger partial charge in [-0.3, -0.25) is 14.4 Å². The minimum Gasteiger partial charge on any atom is -0.338 e. The van der Waals surface area contributed by atoms with Crippen molar-refractivity contribution < 1.29 is 4.79 Å². The lowest BCUT2D eigenvalue weighted by atomic mass is 9.91. The summed E-state index contributed by atoms with van der Waals surface area (Å²) in [6.45, 7) is 2.57. The van der Waals surface area contributed by atoms with Gasteiger partial charge in [-0.05, 0) is 37.9 Å². The van der Waals surface area contributed by atoms with E-state index < -0.39 is 0 Å². The smallest absolute Gasteiger partial charge is 0.253 e. The second-order valence-corrected chi connectivity index (χ2v) is 6.91. The molecule has 24 heavy (non-hydrogen) atoms. The van der Waals surface area contributed by atoms with E-state index in [9.17, 15) is 4.79 Å². The summed E-state index contributed by atoms with van der Waals surface area (Å²) in [5.41, 5.74) is 0.793. The Hall–Kier alpha value is -2.21. The van der Waals surface area contributed by atoms with Crippen LogP contribution in [0.25, 0.3) is 0 Å². The zero-order valence-electron chi connectivity index (χ0n) is 14.0. The first-order valence-corrected chi connectivity index (χ1v) is 8.61. The van der Waals surface area contributed by atoms with Gasteiger partial charge in [0.1, 0.15) is 12.7 Å². The molecule has 2 aromatic rings. The van der Waals surface area contributed by atoms with Crippen LogP contribution in [0.15, 0.2) is 43.0 Å². The first-order valence-electron chi connectivity index (χ1n) is 8.61. The highest BCUT2D eigenvalue weighted by Gasteiger charge is 2.42. The van der Waals surface area contributed by atoms with Crippen molar-refractivity contribution >= 4 is 5.91 Å². The predicted octanol–water partition coefficient (Wildman–Crippen LogP) is 1.51. The average Bonchev–Trinajstić information content (AvgIpc) is 3.24. The quantitative estimate of drug-likeness (QED) is 0.858. The lowest BCUT2D eigenvalue weighted by Gasteiger charge is -2.37. The Bertz CT molecular complexity index is 687. The lowest BCUT2D eigenvalue weighted by molar-refractivity contribution is 0.0607. The summed E-state index contributed by atoms with van der Waals surface area (Å²) < 4.78 is 1.91. The van der Waals surface area contributed by atoms with E-state index in [1.165, 1.54) is 0 Å². The number of piperidine rings is 1. The SMILES string of the molecule is CN1[C@H](Cn2cncn2)C[C@@H]2CN(C(=O)c3ccccc3)CC[C@@H]21. The molecule has 3 heterocycles. The molecule has 1 aromatic carbocycles. The van der Waals surface area contributed by atoms with Gasteiger partial charge in [0.05, 0.1) is 6.54 Å². The lowest BCUT2D eigenvalue weighted by Crippen LogP contribution is -2.47.